The second-order valence-corrected chi connectivity index (χ2v) is 4.21. The Morgan fingerprint density at radius 2 is 1.83 bits per heavy atom. The van der Waals surface area contributed by atoms with Gasteiger partial charge in [-0.2, -0.15) is 4.98 Å². The van der Waals surface area contributed by atoms with Crippen LogP contribution in [0.2, 0.25) is 0 Å². The molecule has 0 unspecified atom stereocenters. The van der Waals surface area contributed by atoms with Gasteiger partial charge in [0.15, 0.2) is 5.82 Å². The van der Waals surface area contributed by atoms with Gasteiger partial charge in [0.05, 0.1) is 13.7 Å². The van der Waals surface area contributed by atoms with E-state index in [2.05, 4.69) is 16.9 Å². The van der Waals surface area contributed by atoms with Crippen LogP contribution < -0.4 is 15.2 Å². The van der Waals surface area contributed by atoms with Crippen molar-refractivity contribution in [3.05, 3.63) is 6.33 Å². The van der Waals surface area contributed by atoms with Crippen LogP contribution in [0.4, 0.5) is 5.82 Å². The number of hydrogen-bond acceptors (Lipinski definition) is 5. The molecule has 5 nitrogen and oxygen atoms in total. The Balaban J connectivity index is 2.25. The third-order valence-electron chi connectivity index (χ3n) is 2.74. The summed E-state index contributed by atoms with van der Waals surface area (Å²) >= 11 is 0. The van der Waals surface area contributed by atoms with Crippen molar-refractivity contribution in [1.29, 1.82) is 0 Å². The van der Waals surface area contributed by atoms with E-state index in [1.165, 1.54) is 45.5 Å². The second kappa shape index (κ2) is 8.55. The van der Waals surface area contributed by atoms with Gasteiger partial charge in [-0.3, -0.25) is 0 Å². The predicted octanol–water partition coefficient (Wildman–Crippen LogP) is 2.81. The van der Waals surface area contributed by atoms with Crippen LogP contribution in [0.15, 0.2) is 6.33 Å². The van der Waals surface area contributed by atoms with Crippen molar-refractivity contribution in [2.75, 3.05) is 19.5 Å². The molecule has 0 aliphatic carbocycles. The molecule has 0 radical (unpaired) electrons. The molecule has 1 aromatic rings. The normalized spacial score (nSPS) is 10.3. The zero-order chi connectivity index (χ0) is 13.2. The van der Waals surface area contributed by atoms with Gasteiger partial charge >= 0.3 is 0 Å². The summed E-state index contributed by atoms with van der Waals surface area (Å²) in [5.74, 6) is 1.16. The van der Waals surface area contributed by atoms with Crippen LogP contribution >= 0.6 is 0 Å². The smallest absolute Gasteiger partial charge is 0.262 e. The molecule has 1 rings (SSSR count). The Morgan fingerprint density at radius 1 is 1.11 bits per heavy atom. The molecule has 0 aliphatic rings. The summed E-state index contributed by atoms with van der Waals surface area (Å²) in [4.78, 5) is 7.87. The first-order valence-corrected chi connectivity index (χ1v) is 6.56. The first-order valence-electron chi connectivity index (χ1n) is 6.56. The monoisotopic (exact) mass is 253 g/mol. The molecule has 1 aromatic heterocycles. The fraction of sp³-hybridized carbons (Fsp3) is 0.692. The van der Waals surface area contributed by atoms with Gasteiger partial charge in [0, 0.05) is 0 Å². The van der Waals surface area contributed by atoms with Gasteiger partial charge in [-0.25, -0.2) is 4.98 Å². The molecule has 0 fully saturated rings. The molecule has 0 aliphatic heterocycles. The van der Waals surface area contributed by atoms with E-state index in [1.54, 1.807) is 0 Å². The highest BCUT2D eigenvalue weighted by atomic mass is 16.5. The second-order valence-electron chi connectivity index (χ2n) is 4.21. The van der Waals surface area contributed by atoms with Crippen LogP contribution in [0.3, 0.4) is 0 Å². The maximum Gasteiger partial charge on any atom is 0.262 e. The third kappa shape index (κ3) is 4.77. The SMILES string of the molecule is CCCCCCCCOc1ncnc(N)c1OC. The summed E-state index contributed by atoms with van der Waals surface area (Å²) in [6.45, 7) is 2.85. The quantitative estimate of drug-likeness (QED) is 0.685. The maximum atomic E-state index is 5.66. The van der Waals surface area contributed by atoms with E-state index in [9.17, 15) is 0 Å². The van der Waals surface area contributed by atoms with Crippen molar-refractivity contribution in [3.8, 4) is 11.6 Å². The van der Waals surface area contributed by atoms with Crippen LogP contribution in [0, 0.1) is 0 Å². The fourth-order valence-electron chi connectivity index (χ4n) is 1.72. The molecule has 5 heteroatoms. The number of methoxy groups -OCH3 is 1. The molecule has 0 saturated heterocycles. The Hall–Kier alpha value is -1.52. The van der Waals surface area contributed by atoms with E-state index < -0.39 is 0 Å². The molecule has 18 heavy (non-hydrogen) atoms. The highest BCUT2D eigenvalue weighted by Crippen LogP contribution is 2.28. The number of hydrogen-bond donors (Lipinski definition) is 1. The van der Waals surface area contributed by atoms with Gasteiger partial charge in [0.25, 0.3) is 5.88 Å². The standard InChI is InChI=1S/C13H23N3O2/c1-3-4-5-6-7-8-9-18-13-11(17-2)12(14)15-10-16-13/h10H,3-9H2,1-2H3,(H2,14,15,16). The van der Waals surface area contributed by atoms with E-state index in [1.807, 2.05) is 0 Å². The first-order chi connectivity index (χ1) is 8.79. The minimum atomic E-state index is 0.311. The van der Waals surface area contributed by atoms with Gasteiger partial charge in [-0.05, 0) is 6.42 Å². The first kappa shape index (κ1) is 14.5. The Bertz CT molecular complexity index is 345. The van der Waals surface area contributed by atoms with Crippen molar-refractivity contribution in [2.45, 2.75) is 45.4 Å². The van der Waals surface area contributed by atoms with E-state index in [0.29, 0.717) is 24.1 Å². The zero-order valence-corrected chi connectivity index (χ0v) is 11.3. The Labute approximate surface area is 109 Å². The van der Waals surface area contributed by atoms with E-state index in [0.717, 1.165) is 6.42 Å². The van der Waals surface area contributed by atoms with Gasteiger partial charge in [-0.1, -0.05) is 39.0 Å². The maximum absolute atomic E-state index is 5.66. The number of unbranched alkanes of at least 4 members (excludes halogenated alkanes) is 5. The lowest BCUT2D eigenvalue weighted by Gasteiger charge is -2.10. The van der Waals surface area contributed by atoms with Crippen molar-refractivity contribution >= 4 is 5.82 Å². The minimum absolute atomic E-state index is 0.311. The molecule has 0 amide bonds. The van der Waals surface area contributed by atoms with Crippen LogP contribution in [0.1, 0.15) is 45.4 Å². The lowest BCUT2D eigenvalue weighted by molar-refractivity contribution is 0.273. The number of anilines is 1. The lowest BCUT2D eigenvalue weighted by atomic mass is 10.1. The minimum Gasteiger partial charge on any atom is -0.489 e. The highest BCUT2D eigenvalue weighted by Gasteiger charge is 2.10. The van der Waals surface area contributed by atoms with Gasteiger partial charge < -0.3 is 15.2 Å². The van der Waals surface area contributed by atoms with Gasteiger partial charge in [0.2, 0.25) is 5.75 Å². The van der Waals surface area contributed by atoms with Crippen molar-refractivity contribution in [1.82, 2.24) is 9.97 Å². The number of nitrogens with zero attached hydrogens (tertiary/aromatic N) is 2. The average Bonchev–Trinajstić information content (AvgIpc) is 2.38. The topological polar surface area (TPSA) is 70.3 Å². The summed E-state index contributed by atoms with van der Waals surface area (Å²) in [7, 11) is 1.53. The molecule has 1 heterocycles. The van der Waals surface area contributed by atoms with Gasteiger partial charge in [0.1, 0.15) is 6.33 Å². The molecular weight excluding hydrogens is 230 g/mol. The molecule has 0 aromatic carbocycles. The van der Waals surface area contributed by atoms with Crippen LogP contribution in [-0.4, -0.2) is 23.7 Å². The highest BCUT2D eigenvalue weighted by molar-refractivity contribution is 5.51. The summed E-state index contributed by atoms with van der Waals surface area (Å²) in [6.07, 6.45) is 8.75. The Kier molecular flexibility index (Phi) is 6.91. The number of rotatable bonds is 9. The molecule has 0 bridgehead atoms. The number of ether oxygens (including phenoxy) is 2. The van der Waals surface area contributed by atoms with Crippen molar-refractivity contribution in [2.24, 2.45) is 0 Å². The van der Waals surface area contributed by atoms with Crippen molar-refractivity contribution < 1.29 is 9.47 Å². The number of aromatic nitrogens is 2. The molecular formula is C13H23N3O2. The summed E-state index contributed by atoms with van der Waals surface area (Å²) in [5.41, 5.74) is 5.66. The van der Waals surface area contributed by atoms with E-state index >= 15 is 0 Å². The zero-order valence-electron chi connectivity index (χ0n) is 11.3. The van der Waals surface area contributed by atoms with Crippen molar-refractivity contribution in [3.63, 3.8) is 0 Å². The lowest BCUT2D eigenvalue weighted by Crippen LogP contribution is -2.04. The van der Waals surface area contributed by atoms with Crippen LogP contribution in [-0.2, 0) is 0 Å². The fourth-order valence-corrected chi connectivity index (χ4v) is 1.72. The average molecular weight is 253 g/mol. The third-order valence-corrected chi connectivity index (χ3v) is 2.74. The summed E-state index contributed by atoms with van der Waals surface area (Å²) in [6, 6.07) is 0. The Morgan fingerprint density at radius 3 is 2.56 bits per heavy atom. The molecule has 2 N–H and O–H groups in total. The van der Waals surface area contributed by atoms with E-state index in [-0.39, 0.29) is 0 Å². The van der Waals surface area contributed by atoms with Crippen LogP contribution in [0.25, 0.3) is 0 Å². The number of nitrogen functional groups attached to an aromatic ring is 1. The van der Waals surface area contributed by atoms with Crippen LogP contribution in [0.5, 0.6) is 11.6 Å². The molecule has 102 valence electrons. The number of nitrogens with two attached hydrogens (primary N) is 1. The molecule has 0 atom stereocenters. The van der Waals surface area contributed by atoms with E-state index in [4.69, 9.17) is 15.2 Å². The predicted molar refractivity (Wildman–Crippen MR) is 71.9 cm³/mol. The summed E-state index contributed by atoms with van der Waals surface area (Å²) in [5, 5.41) is 0. The molecule has 0 saturated carbocycles. The molecule has 0 spiro atoms. The van der Waals surface area contributed by atoms with Gasteiger partial charge in [-0.15, -0.1) is 0 Å². The largest absolute Gasteiger partial charge is 0.489 e. The summed E-state index contributed by atoms with van der Waals surface area (Å²) < 4.78 is 10.7.